The van der Waals surface area contributed by atoms with Gasteiger partial charge in [-0.25, -0.2) is 4.79 Å². The van der Waals surface area contributed by atoms with Crippen molar-refractivity contribution in [3.63, 3.8) is 0 Å². The first-order chi connectivity index (χ1) is 42.4. The van der Waals surface area contributed by atoms with Gasteiger partial charge >= 0.3 is 5.97 Å². The summed E-state index contributed by atoms with van der Waals surface area (Å²) in [4.78, 5) is 9.12. The second-order valence-corrected chi connectivity index (χ2v) is 53.4. The van der Waals surface area contributed by atoms with E-state index in [1.54, 1.807) is 0 Å². The summed E-state index contributed by atoms with van der Waals surface area (Å²) in [5.74, 6) is -1.19. The number of rotatable bonds is 57. The molecule has 0 aromatic carbocycles. The number of hydrogen-bond donors (Lipinski definition) is 10. The molecule has 0 saturated carbocycles. The Morgan fingerprint density at radius 2 is 0.382 bits per heavy atom. The fourth-order valence-electron chi connectivity index (χ4n) is 4.56. The van der Waals surface area contributed by atoms with E-state index < -0.39 is 84.3 Å². The predicted molar refractivity (Wildman–Crippen MR) is 435 cm³/mol. The number of aliphatic carboxylic acids is 1. The molecule has 0 radical (unpaired) electrons. The minimum atomic E-state index is -1.32. The Hall–Kier alpha value is 6.79. The zero-order valence-corrected chi connectivity index (χ0v) is 73.6. The minimum Gasteiger partial charge on any atom is -0.480 e. The molecule has 0 spiro atoms. The fraction of sp³-hybridized carbons (Fsp3) is 0.978. The van der Waals surface area contributed by atoms with Crippen LogP contribution in [0.1, 0.15) is 158 Å². The molecule has 10 N–H and O–H groups in total. The number of unbranched alkanes of at least 4 members (excludes halogenated alkanes) is 8. The molecule has 89 heavy (non-hydrogen) atoms. The largest absolute Gasteiger partial charge is 0.480 e. The summed E-state index contributed by atoms with van der Waals surface area (Å²) in [5.41, 5.74) is 0. The molecule has 0 aliphatic rings. The van der Waals surface area contributed by atoms with Gasteiger partial charge in [0, 0.05) is 96.3 Å². The smallest absolute Gasteiger partial charge is 0.329 e. The van der Waals surface area contributed by atoms with Gasteiger partial charge in [-0.2, -0.15) is 0 Å². The Kier molecular flexibility index (Phi) is 85.8. The molecule has 542 valence electrons. The van der Waals surface area contributed by atoms with Crippen molar-refractivity contribution in [1.29, 1.82) is 0 Å². The lowest BCUT2D eigenvalue weighted by Gasteiger charge is -2.26. The summed E-state index contributed by atoms with van der Waals surface area (Å²) in [6.45, 7) is 3.49. The summed E-state index contributed by atoms with van der Waals surface area (Å²) in [6.07, 6.45) is 24.1. The maximum Gasteiger partial charge on any atom is 0.329 e. The topological polar surface area (TPSA) is 293 Å². The first-order valence-electron chi connectivity index (χ1n) is 29.2. The quantitative estimate of drug-likeness (QED) is 0.0154. The minimum absolute atomic E-state index is 0.255. The second kappa shape index (κ2) is 73.1. The number of carbonyl (C=O) groups is 1. The van der Waals surface area contributed by atoms with Crippen LogP contribution in [0.4, 0.5) is 0 Å². The first-order valence-corrected chi connectivity index (χ1v) is 57.1. The van der Waals surface area contributed by atoms with Crippen LogP contribution in [0.3, 0.4) is 0 Å². The predicted octanol–water partition coefficient (Wildman–Crippen LogP) is 14.2. The van der Waals surface area contributed by atoms with Crippen molar-refractivity contribution >= 4 is 252 Å². The highest BCUT2D eigenvalue weighted by Crippen LogP contribution is 2.51. The van der Waals surface area contributed by atoms with Gasteiger partial charge in [0.2, 0.25) is 0 Å². The molecule has 0 heterocycles. The zero-order valence-electron chi connectivity index (χ0n) is 52.5. The molecule has 0 bridgehead atoms. The lowest BCUT2D eigenvalue weighted by Crippen LogP contribution is -2.30. The molecule has 0 saturated heterocycles. The van der Waals surface area contributed by atoms with Gasteiger partial charge in [-0.05, 0) is 101 Å². The molecular weight excluding hydrogens is 1620 g/mol. The third-order valence-corrected chi connectivity index (χ3v) is 40.9. The van der Waals surface area contributed by atoms with Crippen LogP contribution in [-0.2, 0) is 131 Å². The average Bonchev–Trinajstić information content (AvgIpc) is 3.75. The normalized spacial score (nSPS) is 14.6. The van der Waals surface area contributed by atoms with Crippen LogP contribution in [0.2, 0.25) is 0 Å². The lowest BCUT2D eigenvalue weighted by atomic mass is 10.4. The summed E-state index contributed by atoms with van der Waals surface area (Å²) < 4.78 is 41.0. The molecule has 19 nitrogen and oxygen atoms in total. The summed E-state index contributed by atoms with van der Waals surface area (Å²) in [5, 5.41) is 91.4. The van der Waals surface area contributed by atoms with E-state index in [0.717, 1.165) is 248 Å². The van der Waals surface area contributed by atoms with E-state index in [0.29, 0.717) is 0 Å². The molecule has 0 aromatic rings. The highest BCUT2D eigenvalue weighted by molar-refractivity contribution is 8.22. The van der Waals surface area contributed by atoms with Gasteiger partial charge in [-0.3, -0.25) is 31.8 Å². The van der Waals surface area contributed by atoms with E-state index in [2.05, 4.69) is 55.4 Å². The van der Waals surface area contributed by atoms with Crippen molar-refractivity contribution in [3.8, 4) is 0 Å². The van der Waals surface area contributed by atoms with E-state index in [1.807, 2.05) is 0 Å². The Balaban J connectivity index is -0.000000343. The average molecular weight is 1730 g/mol. The molecule has 0 rings (SSSR count). The van der Waals surface area contributed by atoms with Gasteiger partial charge in [0.05, 0.1) is 108 Å². The van der Waals surface area contributed by atoms with Crippen molar-refractivity contribution in [2.45, 2.75) is 174 Å². The SMILES string of the molecule is CCCC[PH](=S)OSC(CO)(CO)SO[PH](=S)CCCC.CCCC[PH](=S)OSC(CO)(CO)SO[PH](=S)CCCC.CCCC[PH](=S)OSC(CO)(CO)SO[PH](=S)CCCC.CCCC[PH](=S)OSC(CO)(CO)SO[PH](=S)CCCC.O=C(O)CO. The van der Waals surface area contributed by atoms with E-state index >= 15 is 0 Å². The van der Waals surface area contributed by atoms with Crippen molar-refractivity contribution in [3.05, 3.63) is 0 Å². The van der Waals surface area contributed by atoms with Crippen LogP contribution in [0, 0.1) is 0 Å². The van der Waals surface area contributed by atoms with Crippen molar-refractivity contribution in [2.24, 2.45) is 0 Å². The molecule has 8 unspecified atom stereocenters. The van der Waals surface area contributed by atoms with Gasteiger partial charge in [-0.1, -0.05) is 201 Å². The molecule has 0 amide bonds. The number of aliphatic hydroxyl groups is 9. The Labute approximate surface area is 616 Å². The number of hydrogen-bond acceptors (Lipinski definition) is 34. The molecule has 43 heteroatoms. The maximum absolute atomic E-state index is 9.55. The van der Waals surface area contributed by atoms with Crippen molar-refractivity contribution in [1.82, 2.24) is 0 Å². The standard InChI is InChI=1S/4C11H26O4P2S4.C2H4O3/c4*1-3-5-7-16(18)14-20-11(9-12,10-13)21-15-17(19)8-6-4-2;3-1-2(4)5/h4*12-13,16-17H,3-10H2,1-2H3;3H,1H2,(H,4,5). The monoisotopic (exact) mass is 1720 g/mol. The van der Waals surface area contributed by atoms with Crippen LogP contribution < -0.4 is 0 Å². The third kappa shape index (κ3) is 64.2. The molecule has 0 aliphatic heterocycles. The summed E-state index contributed by atoms with van der Waals surface area (Å²) in [7, 11) is 0. The molecule has 8 atom stereocenters. The first kappa shape index (κ1) is 104. The molecular formula is C46H108O19P8S16. The van der Waals surface area contributed by atoms with Crippen LogP contribution in [0.25, 0.3) is 0 Å². The number of aliphatic hydroxyl groups excluding tert-OH is 9. The van der Waals surface area contributed by atoms with Crippen LogP contribution in [-0.4, -0.2) is 182 Å². The Bertz CT molecular complexity index is 1520. The molecule has 0 aliphatic carbocycles. The Morgan fingerprint density at radius 3 is 0.449 bits per heavy atom. The highest BCUT2D eigenvalue weighted by atomic mass is 32.5. The van der Waals surface area contributed by atoms with E-state index in [4.69, 9.17) is 141 Å². The van der Waals surface area contributed by atoms with Gasteiger partial charge in [0.1, 0.15) is 6.61 Å². The number of carboxylic acids is 1. The van der Waals surface area contributed by atoms with Gasteiger partial charge in [-0.15, -0.1) is 0 Å². The maximum atomic E-state index is 9.55. The van der Waals surface area contributed by atoms with Gasteiger partial charge < -0.3 is 51.1 Å². The van der Waals surface area contributed by atoms with Gasteiger partial charge in [0.25, 0.3) is 0 Å². The van der Waals surface area contributed by atoms with Crippen molar-refractivity contribution < 1.29 is 87.6 Å². The summed E-state index contributed by atoms with van der Waals surface area (Å²) >= 11 is 50.7. The van der Waals surface area contributed by atoms with E-state index in [9.17, 15) is 40.9 Å². The van der Waals surface area contributed by atoms with Crippen LogP contribution >= 0.6 is 152 Å². The molecule has 0 fully saturated rings. The Morgan fingerprint density at radius 1 is 0.281 bits per heavy atom. The third-order valence-electron chi connectivity index (χ3n) is 10.2. The van der Waals surface area contributed by atoms with Crippen molar-refractivity contribution in [2.75, 3.05) is 109 Å². The zero-order chi connectivity index (χ0) is 68.8. The van der Waals surface area contributed by atoms with Gasteiger partial charge in [0.15, 0.2) is 16.3 Å². The lowest BCUT2D eigenvalue weighted by molar-refractivity contribution is -0.140. The van der Waals surface area contributed by atoms with Crippen LogP contribution in [0.15, 0.2) is 0 Å². The highest BCUT2D eigenvalue weighted by Gasteiger charge is 2.37. The van der Waals surface area contributed by atoms with E-state index in [-0.39, 0.29) is 52.9 Å². The van der Waals surface area contributed by atoms with E-state index in [1.165, 1.54) is 0 Å². The second-order valence-electron chi connectivity index (χ2n) is 18.6. The van der Waals surface area contributed by atoms with Crippen LogP contribution in [0.5, 0.6) is 0 Å². The number of carboxylic acid groups (broad SMARTS) is 1. The fourth-order valence-corrected chi connectivity index (χ4v) is 29.8. The molecule has 0 aromatic heterocycles. The summed E-state index contributed by atoms with van der Waals surface area (Å²) in [6, 6.07) is 0.